The Bertz CT molecular complexity index is 516. The fourth-order valence-electron chi connectivity index (χ4n) is 1.42. The van der Waals surface area contributed by atoms with Crippen LogP contribution >= 0.6 is 11.8 Å². The molecule has 1 aliphatic rings. The van der Waals surface area contributed by atoms with E-state index < -0.39 is 57.6 Å². The first kappa shape index (κ1) is 17.4. The van der Waals surface area contributed by atoms with Crippen LogP contribution < -0.4 is 11.1 Å². The van der Waals surface area contributed by atoms with Crippen LogP contribution in [0.2, 0.25) is 0 Å². The van der Waals surface area contributed by atoms with Gasteiger partial charge in [-0.3, -0.25) is 0 Å². The van der Waals surface area contributed by atoms with E-state index in [2.05, 4.69) is 0 Å². The Morgan fingerprint density at radius 3 is 1.95 bits per heavy atom. The van der Waals surface area contributed by atoms with Gasteiger partial charge in [-0.15, -0.1) is 0 Å². The summed E-state index contributed by atoms with van der Waals surface area (Å²) in [6.45, 7) is 0. The molecule has 21 heavy (non-hydrogen) atoms. The van der Waals surface area contributed by atoms with Crippen LogP contribution in [0.3, 0.4) is 0 Å². The van der Waals surface area contributed by atoms with Crippen LogP contribution in [-0.4, -0.2) is 45.4 Å². The first-order valence-electron chi connectivity index (χ1n) is 4.80. The van der Waals surface area contributed by atoms with Gasteiger partial charge >= 0.3 is 24.3 Å². The van der Waals surface area contributed by atoms with E-state index in [0.717, 1.165) is 0 Å². The molecule has 0 fully saturated rings. The lowest BCUT2D eigenvalue weighted by Crippen LogP contribution is -2.68. The lowest BCUT2D eigenvalue weighted by molar-refractivity contribution is -0.176. The number of hydrogen-bond acceptors (Lipinski definition) is 5. The molecule has 5 N–H and O–H groups in total. The number of halogens is 6. The summed E-state index contributed by atoms with van der Waals surface area (Å²) >= 11 is -1.10. The largest absolute Gasteiger partial charge is 0.480 e. The van der Waals surface area contributed by atoms with Crippen molar-refractivity contribution in [3.05, 3.63) is 10.6 Å². The fraction of sp³-hybridized carbons (Fsp3) is 0.500. The van der Waals surface area contributed by atoms with Crippen LogP contribution in [0.1, 0.15) is 0 Å². The summed E-state index contributed by atoms with van der Waals surface area (Å²) in [5.41, 5.74) is 3.09. The van der Waals surface area contributed by atoms with Crippen molar-refractivity contribution in [1.29, 1.82) is 0 Å². The number of nitrogens with two attached hydrogens (primary N) is 1. The molecule has 0 amide bonds. The molecule has 0 spiro atoms. The molecule has 1 aliphatic heterocycles. The molecule has 2 unspecified atom stereocenters. The number of carboxylic acids is 2. The number of allylic oxidation sites excluding steroid dienone is 1. The Morgan fingerprint density at radius 1 is 1.19 bits per heavy atom. The topological polar surface area (TPSA) is 113 Å². The molecule has 0 bridgehead atoms. The van der Waals surface area contributed by atoms with Crippen LogP contribution in [0.4, 0.5) is 26.3 Å². The van der Waals surface area contributed by atoms with Crippen LogP contribution in [0, 0.1) is 0 Å². The SMILES string of the molecule is NC1(C(F)(F)F)SC(C(F)(F)F)=C(C(=O)O)NC1C(=O)O. The number of aliphatic carboxylic acids is 2. The van der Waals surface area contributed by atoms with Gasteiger partial charge in [0, 0.05) is 0 Å². The van der Waals surface area contributed by atoms with E-state index in [1.807, 2.05) is 0 Å². The van der Waals surface area contributed by atoms with E-state index >= 15 is 0 Å². The van der Waals surface area contributed by atoms with Crippen molar-refractivity contribution in [2.75, 3.05) is 0 Å². The number of hydrogen-bond donors (Lipinski definition) is 4. The fourth-order valence-corrected chi connectivity index (χ4v) is 2.52. The van der Waals surface area contributed by atoms with Crippen molar-refractivity contribution >= 4 is 23.7 Å². The highest BCUT2D eigenvalue weighted by atomic mass is 32.2. The van der Waals surface area contributed by atoms with Gasteiger partial charge < -0.3 is 21.3 Å². The van der Waals surface area contributed by atoms with Gasteiger partial charge in [0.2, 0.25) is 0 Å². The lowest BCUT2D eigenvalue weighted by atomic mass is 10.1. The normalized spacial score (nSPS) is 27.3. The molecule has 13 heteroatoms. The number of alkyl halides is 6. The third kappa shape index (κ3) is 3.02. The first-order valence-corrected chi connectivity index (χ1v) is 5.62. The summed E-state index contributed by atoms with van der Waals surface area (Å²) in [6, 6.07) is -2.81. The number of carbonyl (C=O) groups is 2. The second kappa shape index (κ2) is 4.98. The molecule has 0 aromatic heterocycles. The molecule has 1 rings (SSSR count). The summed E-state index contributed by atoms with van der Waals surface area (Å²) in [4.78, 5) is 15.4. The van der Waals surface area contributed by atoms with Crippen molar-refractivity contribution in [3.63, 3.8) is 0 Å². The molecule has 2 atom stereocenters. The second-order valence-electron chi connectivity index (χ2n) is 3.82. The number of rotatable bonds is 2. The van der Waals surface area contributed by atoms with Crippen LogP contribution in [0.25, 0.3) is 0 Å². The second-order valence-corrected chi connectivity index (χ2v) is 5.10. The maximum absolute atomic E-state index is 12.8. The van der Waals surface area contributed by atoms with Crippen molar-refractivity contribution in [3.8, 4) is 0 Å². The summed E-state index contributed by atoms with van der Waals surface area (Å²) in [6.07, 6.45) is -11.0. The highest BCUT2D eigenvalue weighted by Crippen LogP contribution is 2.51. The number of carboxylic acid groups (broad SMARTS) is 2. The van der Waals surface area contributed by atoms with Crippen LogP contribution in [0.5, 0.6) is 0 Å². The zero-order chi connectivity index (χ0) is 16.8. The van der Waals surface area contributed by atoms with Crippen molar-refractivity contribution in [2.24, 2.45) is 5.73 Å². The van der Waals surface area contributed by atoms with Gasteiger partial charge in [0.05, 0.1) is 0 Å². The van der Waals surface area contributed by atoms with E-state index in [1.54, 1.807) is 0 Å². The minimum atomic E-state index is -5.55. The van der Waals surface area contributed by atoms with Gasteiger partial charge in [-0.25, -0.2) is 9.59 Å². The molecule has 0 aliphatic carbocycles. The van der Waals surface area contributed by atoms with E-state index in [4.69, 9.17) is 15.9 Å². The van der Waals surface area contributed by atoms with Gasteiger partial charge in [0.25, 0.3) is 0 Å². The monoisotopic (exact) mass is 340 g/mol. The van der Waals surface area contributed by atoms with Crippen molar-refractivity contribution < 1.29 is 46.1 Å². The van der Waals surface area contributed by atoms with Crippen LogP contribution in [-0.2, 0) is 9.59 Å². The highest BCUT2D eigenvalue weighted by molar-refractivity contribution is 8.04. The number of thioether (sulfide) groups is 1. The smallest absolute Gasteiger partial charge is 0.424 e. The summed E-state index contributed by atoms with van der Waals surface area (Å²) in [5.74, 6) is -4.51. The average molecular weight is 340 g/mol. The molecule has 0 saturated heterocycles. The Morgan fingerprint density at radius 2 is 1.67 bits per heavy atom. The van der Waals surface area contributed by atoms with Gasteiger partial charge in [-0.2, -0.15) is 26.3 Å². The Labute approximate surface area is 116 Å². The van der Waals surface area contributed by atoms with Gasteiger partial charge in [-0.1, -0.05) is 11.8 Å². The maximum Gasteiger partial charge on any atom is 0.424 e. The zero-order valence-electron chi connectivity index (χ0n) is 9.54. The molecule has 0 radical (unpaired) electrons. The molecular weight excluding hydrogens is 334 g/mol. The standard InChI is InChI=1S/C8H6F6N2O4S/c9-7(10,11)3-1(4(17)18)16-2(5(19)20)6(15,21-3)8(12,13)14/h2,16H,15H2,(H,17,18)(H,19,20). The Hall–Kier alpha value is -1.63. The molecule has 0 saturated carbocycles. The van der Waals surface area contributed by atoms with E-state index in [0.29, 0.717) is 0 Å². The van der Waals surface area contributed by atoms with Gasteiger partial charge in [-0.05, 0) is 0 Å². The Balaban J connectivity index is 3.54. The predicted molar refractivity (Wildman–Crippen MR) is 55.8 cm³/mol. The van der Waals surface area contributed by atoms with E-state index in [-0.39, 0.29) is 0 Å². The summed E-state index contributed by atoms with van der Waals surface area (Å²) < 4.78 is 76.5. The zero-order valence-corrected chi connectivity index (χ0v) is 10.4. The molecule has 120 valence electrons. The molecule has 1 heterocycles. The molecule has 6 nitrogen and oxygen atoms in total. The molecule has 0 aromatic carbocycles. The quantitative estimate of drug-likeness (QED) is 0.551. The van der Waals surface area contributed by atoms with Gasteiger partial charge in [0.1, 0.15) is 10.6 Å². The van der Waals surface area contributed by atoms with Crippen molar-refractivity contribution in [2.45, 2.75) is 23.3 Å². The minimum absolute atomic E-state index is 1.10. The third-order valence-electron chi connectivity index (χ3n) is 2.38. The third-order valence-corrected chi connectivity index (χ3v) is 3.82. The lowest BCUT2D eigenvalue weighted by Gasteiger charge is -2.41. The van der Waals surface area contributed by atoms with E-state index in [1.165, 1.54) is 5.32 Å². The minimum Gasteiger partial charge on any atom is -0.480 e. The summed E-state index contributed by atoms with van der Waals surface area (Å²) in [5, 5.41) is 18.5. The first-order chi connectivity index (χ1) is 9.22. The Kier molecular flexibility index (Phi) is 4.13. The van der Waals surface area contributed by atoms with Gasteiger partial charge in [0.15, 0.2) is 10.9 Å². The predicted octanol–water partition coefficient (Wildman–Crippen LogP) is 0.852. The maximum atomic E-state index is 12.8. The average Bonchev–Trinajstić information content (AvgIpc) is 2.24. The van der Waals surface area contributed by atoms with Crippen molar-refractivity contribution in [1.82, 2.24) is 5.32 Å². The molecular formula is C8H6F6N2O4S. The van der Waals surface area contributed by atoms with E-state index in [9.17, 15) is 35.9 Å². The number of nitrogens with one attached hydrogen (secondary N) is 1. The summed E-state index contributed by atoms with van der Waals surface area (Å²) in [7, 11) is 0. The molecule has 0 aromatic rings. The highest BCUT2D eigenvalue weighted by Gasteiger charge is 2.65. The van der Waals surface area contributed by atoms with Crippen LogP contribution in [0.15, 0.2) is 10.6 Å².